The van der Waals surface area contributed by atoms with Gasteiger partial charge in [-0.3, -0.25) is 4.79 Å². The van der Waals surface area contributed by atoms with E-state index >= 15 is 0 Å². The maximum Gasteiger partial charge on any atom is 0.219 e. The van der Waals surface area contributed by atoms with Crippen molar-refractivity contribution in [1.29, 1.82) is 0 Å². The molecule has 0 aromatic heterocycles. The molecule has 4 heteroatoms. The van der Waals surface area contributed by atoms with Gasteiger partial charge in [0.1, 0.15) is 6.54 Å². The van der Waals surface area contributed by atoms with Crippen molar-refractivity contribution in [1.82, 2.24) is 4.90 Å². The van der Waals surface area contributed by atoms with Gasteiger partial charge in [0, 0.05) is 17.5 Å². The minimum Gasteiger partial charge on any atom is -0.332 e. The number of halogens is 1. The Morgan fingerprint density at radius 1 is 1.35 bits per heavy atom. The van der Waals surface area contributed by atoms with Gasteiger partial charge in [-0.05, 0) is 6.07 Å². The first kappa shape index (κ1) is 12.4. The number of rotatable bonds is 2. The predicted octanol–water partition coefficient (Wildman–Crippen LogP) is 0.587. The molecule has 0 unspecified atom stereocenters. The van der Waals surface area contributed by atoms with E-state index in [1.807, 2.05) is 23.1 Å². The van der Waals surface area contributed by atoms with E-state index in [-0.39, 0.29) is 5.91 Å². The molecule has 0 bridgehead atoms. The molecular formula is C13H18ClN2O+. The first-order valence-electron chi connectivity index (χ1n) is 5.99. The highest BCUT2D eigenvalue weighted by Crippen LogP contribution is 2.13. The molecular weight excluding hydrogens is 236 g/mol. The van der Waals surface area contributed by atoms with Crippen LogP contribution < -0.4 is 4.90 Å². The molecule has 0 saturated carbocycles. The minimum atomic E-state index is 0.182. The second-order valence-electron chi connectivity index (χ2n) is 4.52. The van der Waals surface area contributed by atoms with Gasteiger partial charge in [0.05, 0.1) is 26.2 Å². The van der Waals surface area contributed by atoms with Crippen LogP contribution in [0.2, 0.25) is 5.02 Å². The lowest BCUT2D eigenvalue weighted by atomic mass is 10.2. The second-order valence-corrected chi connectivity index (χ2v) is 4.93. The van der Waals surface area contributed by atoms with Crippen molar-refractivity contribution < 1.29 is 9.69 Å². The largest absolute Gasteiger partial charge is 0.332 e. The summed E-state index contributed by atoms with van der Waals surface area (Å²) in [5, 5.41) is 0.842. The Morgan fingerprint density at radius 3 is 2.59 bits per heavy atom. The predicted molar refractivity (Wildman–Crippen MR) is 68.1 cm³/mol. The lowest BCUT2D eigenvalue weighted by Gasteiger charge is -2.31. The van der Waals surface area contributed by atoms with Gasteiger partial charge in [0.25, 0.3) is 0 Å². The van der Waals surface area contributed by atoms with Crippen LogP contribution in [0.3, 0.4) is 0 Å². The molecule has 0 aliphatic carbocycles. The average molecular weight is 254 g/mol. The standard InChI is InChI=1S/C13H17ClN2O/c1-11(17)16-8-6-15(7-9-16)10-12-4-2-3-5-13(12)14/h2-5H,6-10H2,1H3/p+1. The molecule has 1 aliphatic rings. The van der Waals surface area contributed by atoms with Crippen molar-refractivity contribution in [2.45, 2.75) is 13.5 Å². The molecule has 1 aromatic carbocycles. The normalized spacial score (nSPS) is 17.2. The first-order valence-corrected chi connectivity index (χ1v) is 6.37. The van der Waals surface area contributed by atoms with Gasteiger partial charge < -0.3 is 9.80 Å². The summed E-state index contributed by atoms with van der Waals surface area (Å²) in [6.07, 6.45) is 0. The van der Waals surface area contributed by atoms with Crippen molar-refractivity contribution in [3.05, 3.63) is 34.9 Å². The molecule has 17 heavy (non-hydrogen) atoms. The lowest BCUT2D eigenvalue weighted by molar-refractivity contribution is -0.917. The Labute approximate surface area is 107 Å². The molecule has 2 rings (SSSR count). The number of benzene rings is 1. The van der Waals surface area contributed by atoms with Gasteiger partial charge >= 0.3 is 0 Å². The van der Waals surface area contributed by atoms with Crippen LogP contribution in [0.4, 0.5) is 0 Å². The summed E-state index contributed by atoms with van der Waals surface area (Å²) in [4.78, 5) is 14.6. The maximum absolute atomic E-state index is 11.2. The number of carbonyl (C=O) groups excluding carboxylic acids is 1. The maximum atomic E-state index is 11.2. The molecule has 0 radical (unpaired) electrons. The van der Waals surface area contributed by atoms with Crippen molar-refractivity contribution in [3.8, 4) is 0 Å². The van der Waals surface area contributed by atoms with Crippen molar-refractivity contribution >= 4 is 17.5 Å². The highest BCUT2D eigenvalue weighted by Gasteiger charge is 2.21. The zero-order chi connectivity index (χ0) is 12.3. The van der Waals surface area contributed by atoms with Crippen molar-refractivity contribution in [2.75, 3.05) is 26.2 Å². The van der Waals surface area contributed by atoms with E-state index < -0.39 is 0 Å². The van der Waals surface area contributed by atoms with Crippen LogP contribution in [-0.4, -0.2) is 37.0 Å². The number of nitrogens with zero attached hydrogens (tertiary/aromatic N) is 1. The Morgan fingerprint density at radius 2 is 2.00 bits per heavy atom. The monoisotopic (exact) mass is 253 g/mol. The molecule has 1 heterocycles. The number of hydrogen-bond acceptors (Lipinski definition) is 1. The number of amides is 1. The van der Waals surface area contributed by atoms with Gasteiger partial charge in [0.2, 0.25) is 5.91 Å². The molecule has 1 N–H and O–H groups in total. The minimum absolute atomic E-state index is 0.182. The van der Waals surface area contributed by atoms with E-state index in [9.17, 15) is 4.79 Å². The molecule has 1 amide bonds. The number of hydrogen-bond donors (Lipinski definition) is 1. The molecule has 92 valence electrons. The zero-order valence-corrected chi connectivity index (χ0v) is 10.8. The fourth-order valence-electron chi connectivity index (χ4n) is 2.23. The van der Waals surface area contributed by atoms with E-state index in [0.717, 1.165) is 37.7 Å². The van der Waals surface area contributed by atoms with Crippen LogP contribution in [0.25, 0.3) is 0 Å². The number of quaternary nitrogens is 1. The third-order valence-corrected chi connectivity index (χ3v) is 3.68. The third kappa shape index (κ3) is 3.20. The van der Waals surface area contributed by atoms with Crippen LogP contribution in [0.15, 0.2) is 24.3 Å². The topological polar surface area (TPSA) is 24.8 Å². The summed E-state index contributed by atoms with van der Waals surface area (Å²) in [6.45, 7) is 6.31. The Balaban J connectivity index is 1.90. The van der Waals surface area contributed by atoms with E-state index in [2.05, 4.69) is 6.07 Å². The van der Waals surface area contributed by atoms with Crippen LogP contribution in [0.1, 0.15) is 12.5 Å². The molecule has 1 fully saturated rings. The summed E-state index contributed by atoms with van der Waals surface area (Å²) < 4.78 is 0. The molecule has 0 atom stereocenters. The fraction of sp³-hybridized carbons (Fsp3) is 0.462. The van der Waals surface area contributed by atoms with Crippen LogP contribution in [0.5, 0.6) is 0 Å². The number of nitrogens with one attached hydrogen (secondary N) is 1. The summed E-state index contributed by atoms with van der Waals surface area (Å²) in [5.74, 6) is 0.182. The average Bonchev–Trinajstić information content (AvgIpc) is 2.33. The second kappa shape index (κ2) is 5.52. The summed E-state index contributed by atoms with van der Waals surface area (Å²) in [7, 11) is 0. The third-order valence-electron chi connectivity index (χ3n) is 3.31. The van der Waals surface area contributed by atoms with Gasteiger partial charge in [-0.25, -0.2) is 0 Å². The van der Waals surface area contributed by atoms with Gasteiger partial charge in [0.15, 0.2) is 0 Å². The SMILES string of the molecule is CC(=O)N1CC[NH+](Cc2ccccc2Cl)CC1. The number of carbonyl (C=O) groups is 1. The molecule has 0 spiro atoms. The Hall–Kier alpha value is -1.06. The first-order chi connectivity index (χ1) is 8.16. The number of piperazine rings is 1. The summed E-state index contributed by atoms with van der Waals surface area (Å²) in [6, 6.07) is 7.98. The smallest absolute Gasteiger partial charge is 0.219 e. The highest BCUT2D eigenvalue weighted by atomic mass is 35.5. The molecule has 1 aromatic rings. The zero-order valence-electron chi connectivity index (χ0n) is 10.1. The Bertz CT molecular complexity index is 400. The summed E-state index contributed by atoms with van der Waals surface area (Å²) >= 11 is 6.14. The summed E-state index contributed by atoms with van der Waals surface area (Å²) in [5.41, 5.74) is 1.19. The van der Waals surface area contributed by atoms with Crippen molar-refractivity contribution in [3.63, 3.8) is 0 Å². The van der Waals surface area contributed by atoms with Crippen molar-refractivity contribution in [2.24, 2.45) is 0 Å². The fourth-order valence-corrected chi connectivity index (χ4v) is 2.43. The van der Waals surface area contributed by atoms with Crippen LogP contribution in [0, 0.1) is 0 Å². The Kier molecular flexibility index (Phi) is 4.02. The molecule has 1 saturated heterocycles. The van der Waals surface area contributed by atoms with Crippen LogP contribution >= 0.6 is 11.6 Å². The van der Waals surface area contributed by atoms with Crippen LogP contribution in [-0.2, 0) is 11.3 Å². The quantitative estimate of drug-likeness (QED) is 0.820. The van der Waals surface area contributed by atoms with Gasteiger partial charge in [-0.2, -0.15) is 0 Å². The van der Waals surface area contributed by atoms with E-state index in [1.54, 1.807) is 6.92 Å². The van der Waals surface area contributed by atoms with E-state index in [0.29, 0.717) is 0 Å². The van der Waals surface area contributed by atoms with E-state index in [4.69, 9.17) is 11.6 Å². The lowest BCUT2D eigenvalue weighted by Crippen LogP contribution is -3.13. The molecule has 1 aliphatic heterocycles. The molecule has 3 nitrogen and oxygen atoms in total. The van der Waals surface area contributed by atoms with E-state index in [1.165, 1.54) is 10.5 Å². The van der Waals surface area contributed by atoms with Gasteiger partial charge in [-0.15, -0.1) is 0 Å². The highest BCUT2D eigenvalue weighted by molar-refractivity contribution is 6.31. The van der Waals surface area contributed by atoms with Gasteiger partial charge in [-0.1, -0.05) is 29.8 Å².